The van der Waals surface area contributed by atoms with Gasteiger partial charge in [0.05, 0.1) is 11.9 Å². The number of para-hydroxylation sites is 1. The molecule has 2 aromatic rings. The first-order chi connectivity index (χ1) is 8.29. The van der Waals surface area contributed by atoms with Crippen molar-refractivity contribution < 1.29 is 4.79 Å². The summed E-state index contributed by atoms with van der Waals surface area (Å²) in [6, 6.07) is 12.8. The average Bonchev–Trinajstić information content (AvgIpc) is 2.40. The van der Waals surface area contributed by atoms with Gasteiger partial charge in [0.1, 0.15) is 5.69 Å². The summed E-state index contributed by atoms with van der Waals surface area (Å²) in [6.45, 7) is 0. The molecule has 0 aliphatic rings. The molecule has 0 atom stereocenters. The molecule has 1 aromatic carbocycles. The lowest BCUT2D eigenvalue weighted by Crippen LogP contribution is -2.13. The van der Waals surface area contributed by atoms with E-state index >= 15 is 0 Å². The lowest BCUT2D eigenvalue weighted by molar-refractivity contribution is 0.102. The van der Waals surface area contributed by atoms with Crippen molar-refractivity contribution in [2.24, 2.45) is 0 Å². The van der Waals surface area contributed by atoms with E-state index in [9.17, 15) is 4.79 Å². The summed E-state index contributed by atoms with van der Waals surface area (Å²) < 4.78 is 0. The monoisotopic (exact) mass is 227 g/mol. The molecule has 1 heterocycles. The molecule has 0 fully saturated rings. The number of carbonyl (C=O) groups excluding carboxylic acids is 1. The number of benzene rings is 1. The molecule has 0 unspecified atom stereocenters. The Morgan fingerprint density at radius 2 is 1.82 bits per heavy atom. The molecule has 0 aliphatic carbocycles. The first kappa shape index (κ1) is 11.1. The number of carbonyl (C=O) groups is 1. The summed E-state index contributed by atoms with van der Waals surface area (Å²) in [5.41, 5.74) is 2.03. The molecule has 0 aliphatic heterocycles. The SMILES string of the molecule is CNc1ccc(C(=O)Nc2ccccc2)nc1. The molecule has 0 bridgehead atoms. The van der Waals surface area contributed by atoms with Crippen LogP contribution in [0.4, 0.5) is 11.4 Å². The third-order valence-electron chi connectivity index (χ3n) is 2.32. The Morgan fingerprint density at radius 1 is 1.06 bits per heavy atom. The van der Waals surface area contributed by atoms with Crippen LogP contribution in [0.25, 0.3) is 0 Å². The van der Waals surface area contributed by atoms with Crippen molar-refractivity contribution in [3.05, 3.63) is 54.4 Å². The molecule has 4 nitrogen and oxygen atoms in total. The fourth-order valence-corrected chi connectivity index (χ4v) is 1.39. The molecule has 2 rings (SSSR count). The van der Waals surface area contributed by atoms with Crippen LogP contribution in [0.3, 0.4) is 0 Å². The largest absolute Gasteiger partial charge is 0.387 e. The van der Waals surface area contributed by atoms with Crippen LogP contribution in [0.2, 0.25) is 0 Å². The van der Waals surface area contributed by atoms with E-state index in [-0.39, 0.29) is 5.91 Å². The van der Waals surface area contributed by atoms with Crippen molar-refractivity contribution in [1.82, 2.24) is 4.98 Å². The number of rotatable bonds is 3. The van der Waals surface area contributed by atoms with Gasteiger partial charge in [-0.05, 0) is 24.3 Å². The van der Waals surface area contributed by atoms with Gasteiger partial charge in [0.2, 0.25) is 0 Å². The molecule has 4 heteroatoms. The Balaban J connectivity index is 2.09. The van der Waals surface area contributed by atoms with E-state index in [0.717, 1.165) is 11.4 Å². The van der Waals surface area contributed by atoms with Gasteiger partial charge in [-0.2, -0.15) is 0 Å². The second-order valence-electron chi connectivity index (χ2n) is 3.50. The number of pyridine rings is 1. The summed E-state index contributed by atoms with van der Waals surface area (Å²) in [7, 11) is 1.81. The predicted molar refractivity (Wildman–Crippen MR) is 68.2 cm³/mol. The smallest absolute Gasteiger partial charge is 0.274 e. The van der Waals surface area contributed by atoms with Crippen molar-refractivity contribution in [3.8, 4) is 0 Å². The summed E-state index contributed by atoms with van der Waals surface area (Å²) >= 11 is 0. The van der Waals surface area contributed by atoms with Gasteiger partial charge in [0.15, 0.2) is 0 Å². The van der Waals surface area contributed by atoms with E-state index in [2.05, 4.69) is 15.6 Å². The van der Waals surface area contributed by atoms with Crippen LogP contribution in [0.1, 0.15) is 10.5 Å². The maximum atomic E-state index is 11.8. The van der Waals surface area contributed by atoms with Crippen molar-refractivity contribution in [3.63, 3.8) is 0 Å². The van der Waals surface area contributed by atoms with Gasteiger partial charge in [-0.25, -0.2) is 4.98 Å². The van der Waals surface area contributed by atoms with Crippen LogP contribution in [0.5, 0.6) is 0 Å². The van der Waals surface area contributed by atoms with E-state index in [1.807, 2.05) is 36.4 Å². The Morgan fingerprint density at radius 3 is 2.41 bits per heavy atom. The minimum absolute atomic E-state index is 0.209. The van der Waals surface area contributed by atoms with Crippen molar-refractivity contribution in [2.75, 3.05) is 17.7 Å². The molecular formula is C13H13N3O. The molecule has 2 N–H and O–H groups in total. The van der Waals surface area contributed by atoms with Crippen molar-refractivity contribution in [2.45, 2.75) is 0 Å². The second kappa shape index (κ2) is 5.12. The van der Waals surface area contributed by atoms with E-state index in [1.165, 1.54) is 0 Å². The lowest BCUT2D eigenvalue weighted by Gasteiger charge is -2.05. The number of hydrogen-bond acceptors (Lipinski definition) is 3. The molecule has 86 valence electrons. The quantitative estimate of drug-likeness (QED) is 0.846. The lowest BCUT2D eigenvalue weighted by atomic mass is 10.3. The molecule has 0 saturated carbocycles. The van der Waals surface area contributed by atoms with Crippen LogP contribution < -0.4 is 10.6 Å². The predicted octanol–water partition coefficient (Wildman–Crippen LogP) is 2.38. The van der Waals surface area contributed by atoms with Crippen molar-refractivity contribution >= 4 is 17.3 Å². The second-order valence-corrected chi connectivity index (χ2v) is 3.50. The maximum Gasteiger partial charge on any atom is 0.274 e. The fourth-order valence-electron chi connectivity index (χ4n) is 1.39. The maximum absolute atomic E-state index is 11.8. The van der Waals surface area contributed by atoms with Gasteiger partial charge in [0.25, 0.3) is 5.91 Å². The van der Waals surface area contributed by atoms with E-state index < -0.39 is 0 Å². The molecule has 1 aromatic heterocycles. The van der Waals surface area contributed by atoms with Gasteiger partial charge in [-0.1, -0.05) is 18.2 Å². The highest BCUT2D eigenvalue weighted by Crippen LogP contribution is 2.09. The average molecular weight is 227 g/mol. The molecular weight excluding hydrogens is 214 g/mol. The molecule has 17 heavy (non-hydrogen) atoms. The van der Waals surface area contributed by atoms with Gasteiger partial charge >= 0.3 is 0 Å². The normalized spacial score (nSPS) is 9.71. The third-order valence-corrected chi connectivity index (χ3v) is 2.32. The molecule has 0 spiro atoms. The standard InChI is InChI=1S/C13H13N3O/c1-14-11-7-8-12(15-9-11)13(17)16-10-5-3-2-4-6-10/h2-9,14H,1H3,(H,16,17). The topological polar surface area (TPSA) is 54.0 Å². The zero-order chi connectivity index (χ0) is 12.1. The fraction of sp³-hybridized carbons (Fsp3) is 0.0769. The molecule has 0 radical (unpaired) electrons. The highest BCUT2D eigenvalue weighted by molar-refractivity contribution is 6.02. The van der Waals surface area contributed by atoms with E-state index in [0.29, 0.717) is 5.69 Å². The van der Waals surface area contributed by atoms with E-state index in [1.54, 1.807) is 19.3 Å². The molecule has 1 amide bonds. The van der Waals surface area contributed by atoms with Crippen LogP contribution in [-0.4, -0.2) is 17.9 Å². The van der Waals surface area contributed by atoms with Crippen LogP contribution >= 0.6 is 0 Å². The number of anilines is 2. The number of amides is 1. The summed E-state index contributed by atoms with van der Waals surface area (Å²) in [5.74, 6) is -0.209. The number of aromatic nitrogens is 1. The third kappa shape index (κ3) is 2.81. The Hall–Kier alpha value is -2.36. The Kier molecular flexibility index (Phi) is 3.35. The van der Waals surface area contributed by atoms with Crippen LogP contribution in [-0.2, 0) is 0 Å². The van der Waals surface area contributed by atoms with Gasteiger partial charge in [0, 0.05) is 12.7 Å². The van der Waals surface area contributed by atoms with Gasteiger partial charge in [-0.15, -0.1) is 0 Å². The summed E-state index contributed by atoms with van der Waals surface area (Å²) in [4.78, 5) is 15.9. The van der Waals surface area contributed by atoms with E-state index in [4.69, 9.17) is 0 Å². The minimum Gasteiger partial charge on any atom is -0.387 e. The minimum atomic E-state index is -0.209. The molecule has 0 saturated heterocycles. The first-order valence-electron chi connectivity index (χ1n) is 5.30. The van der Waals surface area contributed by atoms with Crippen LogP contribution in [0, 0.1) is 0 Å². The van der Waals surface area contributed by atoms with Crippen LogP contribution in [0.15, 0.2) is 48.7 Å². The van der Waals surface area contributed by atoms with Gasteiger partial charge in [-0.3, -0.25) is 4.79 Å². The summed E-state index contributed by atoms with van der Waals surface area (Å²) in [5, 5.41) is 5.72. The Bertz CT molecular complexity index is 494. The highest BCUT2D eigenvalue weighted by Gasteiger charge is 2.06. The zero-order valence-electron chi connectivity index (χ0n) is 9.47. The first-order valence-corrected chi connectivity index (χ1v) is 5.30. The van der Waals surface area contributed by atoms with Crippen molar-refractivity contribution in [1.29, 1.82) is 0 Å². The number of nitrogens with one attached hydrogen (secondary N) is 2. The number of nitrogens with zero attached hydrogens (tertiary/aromatic N) is 1. The Labute approximate surface area is 99.7 Å². The zero-order valence-corrected chi connectivity index (χ0v) is 9.47. The summed E-state index contributed by atoms with van der Waals surface area (Å²) in [6.07, 6.45) is 1.62. The highest BCUT2D eigenvalue weighted by atomic mass is 16.1. The number of hydrogen-bond donors (Lipinski definition) is 2. The van der Waals surface area contributed by atoms with Gasteiger partial charge < -0.3 is 10.6 Å².